The van der Waals surface area contributed by atoms with Gasteiger partial charge in [-0.3, -0.25) is 4.90 Å². The summed E-state index contributed by atoms with van der Waals surface area (Å²) in [6.45, 7) is 2.86. The second kappa shape index (κ2) is 5.38. The first-order valence-corrected chi connectivity index (χ1v) is 6.97. The second-order valence-electron chi connectivity index (χ2n) is 4.59. The lowest BCUT2D eigenvalue weighted by Crippen LogP contribution is -2.43. The van der Waals surface area contributed by atoms with E-state index in [0.29, 0.717) is 5.56 Å². The molecule has 2 nitrogen and oxygen atoms in total. The third kappa shape index (κ3) is 2.81. The van der Waals surface area contributed by atoms with Crippen LogP contribution in [0.1, 0.15) is 17.2 Å². The summed E-state index contributed by atoms with van der Waals surface area (Å²) < 4.78 is 13.7. The van der Waals surface area contributed by atoms with Gasteiger partial charge in [-0.15, -0.1) is 0 Å². The van der Waals surface area contributed by atoms with Crippen molar-refractivity contribution in [1.82, 2.24) is 4.90 Å². The van der Waals surface area contributed by atoms with Gasteiger partial charge in [0.1, 0.15) is 5.82 Å². The first kappa shape index (κ1) is 12.9. The SMILES string of the molecule is Cc1ccc(F)c(C(O)C2CSCCN2C)c1. The van der Waals surface area contributed by atoms with Crippen molar-refractivity contribution in [2.75, 3.05) is 25.1 Å². The smallest absolute Gasteiger partial charge is 0.129 e. The predicted octanol–water partition coefficient (Wildman–Crippen LogP) is 2.21. The second-order valence-corrected chi connectivity index (χ2v) is 5.74. The highest BCUT2D eigenvalue weighted by Gasteiger charge is 2.29. The molecule has 1 N–H and O–H groups in total. The normalized spacial score (nSPS) is 23.6. The van der Waals surface area contributed by atoms with Crippen molar-refractivity contribution < 1.29 is 9.50 Å². The third-order valence-corrected chi connectivity index (χ3v) is 4.33. The topological polar surface area (TPSA) is 23.5 Å². The maximum atomic E-state index is 13.7. The van der Waals surface area contributed by atoms with Crippen LogP contribution < -0.4 is 0 Å². The zero-order chi connectivity index (χ0) is 12.4. The Bertz CT molecular complexity index is 399. The van der Waals surface area contributed by atoms with Gasteiger partial charge in [0, 0.05) is 29.7 Å². The Morgan fingerprint density at radius 1 is 1.53 bits per heavy atom. The summed E-state index contributed by atoms with van der Waals surface area (Å²) >= 11 is 1.82. The minimum Gasteiger partial charge on any atom is -0.387 e. The Morgan fingerprint density at radius 3 is 3.00 bits per heavy atom. The van der Waals surface area contributed by atoms with Crippen LogP contribution in [-0.4, -0.2) is 41.1 Å². The maximum absolute atomic E-state index is 13.7. The third-order valence-electron chi connectivity index (χ3n) is 3.28. The van der Waals surface area contributed by atoms with Gasteiger partial charge in [-0.05, 0) is 20.0 Å². The molecule has 0 bridgehead atoms. The molecular formula is C13H18FNOS. The molecule has 0 aliphatic carbocycles. The predicted molar refractivity (Wildman–Crippen MR) is 69.8 cm³/mol. The number of hydrogen-bond acceptors (Lipinski definition) is 3. The molecule has 1 heterocycles. The number of likely N-dealkylation sites (N-methyl/N-ethyl adjacent to an activating group) is 1. The van der Waals surface area contributed by atoms with Crippen LogP contribution in [-0.2, 0) is 0 Å². The first-order valence-electron chi connectivity index (χ1n) is 5.81. The summed E-state index contributed by atoms with van der Waals surface area (Å²) in [4.78, 5) is 2.11. The van der Waals surface area contributed by atoms with Crippen molar-refractivity contribution in [3.05, 3.63) is 35.1 Å². The fourth-order valence-electron chi connectivity index (χ4n) is 2.13. The number of thioether (sulfide) groups is 1. The van der Waals surface area contributed by atoms with E-state index in [0.717, 1.165) is 23.6 Å². The van der Waals surface area contributed by atoms with Crippen LogP contribution in [0, 0.1) is 12.7 Å². The van der Waals surface area contributed by atoms with Gasteiger partial charge in [0.15, 0.2) is 0 Å². The van der Waals surface area contributed by atoms with Gasteiger partial charge in [-0.1, -0.05) is 17.7 Å². The van der Waals surface area contributed by atoms with Crippen molar-refractivity contribution in [1.29, 1.82) is 0 Å². The average Bonchev–Trinajstić information content (AvgIpc) is 2.32. The molecule has 1 aromatic rings. The maximum Gasteiger partial charge on any atom is 0.129 e. The van der Waals surface area contributed by atoms with Gasteiger partial charge >= 0.3 is 0 Å². The monoisotopic (exact) mass is 255 g/mol. The number of nitrogens with zero attached hydrogens (tertiary/aromatic N) is 1. The van der Waals surface area contributed by atoms with Crippen molar-refractivity contribution in [3.8, 4) is 0 Å². The fraction of sp³-hybridized carbons (Fsp3) is 0.538. The summed E-state index contributed by atoms with van der Waals surface area (Å²) in [7, 11) is 1.99. The Balaban J connectivity index is 2.23. The highest BCUT2D eigenvalue weighted by Crippen LogP contribution is 2.28. The highest BCUT2D eigenvalue weighted by molar-refractivity contribution is 7.99. The first-order chi connectivity index (χ1) is 8.09. The Kier molecular flexibility index (Phi) is 4.07. The van der Waals surface area contributed by atoms with Gasteiger partial charge < -0.3 is 5.11 Å². The summed E-state index contributed by atoms with van der Waals surface area (Å²) in [5.41, 5.74) is 1.40. The molecule has 2 unspecified atom stereocenters. The van der Waals surface area contributed by atoms with E-state index in [-0.39, 0.29) is 11.9 Å². The van der Waals surface area contributed by atoms with E-state index in [4.69, 9.17) is 0 Å². The molecule has 0 amide bonds. The molecule has 0 radical (unpaired) electrons. The van der Waals surface area contributed by atoms with Crippen LogP contribution in [0.2, 0.25) is 0 Å². The number of aliphatic hydroxyl groups is 1. The van der Waals surface area contributed by atoms with Crippen LogP contribution in [0.3, 0.4) is 0 Å². The molecule has 1 saturated heterocycles. The number of rotatable bonds is 2. The van der Waals surface area contributed by atoms with Gasteiger partial charge in [-0.25, -0.2) is 4.39 Å². The minimum absolute atomic E-state index is 0.00468. The van der Waals surface area contributed by atoms with E-state index in [2.05, 4.69) is 4.90 Å². The van der Waals surface area contributed by atoms with E-state index < -0.39 is 6.10 Å². The van der Waals surface area contributed by atoms with E-state index >= 15 is 0 Å². The quantitative estimate of drug-likeness (QED) is 0.876. The largest absolute Gasteiger partial charge is 0.387 e. The average molecular weight is 255 g/mol. The van der Waals surface area contributed by atoms with E-state index in [1.54, 1.807) is 12.1 Å². The van der Waals surface area contributed by atoms with E-state index in [1.807, 2.05) is 25.7 Å². The molecule has 2 rings (SSSR count). The zero-order valence-electron chi connectivity index (χ0n) is 10.2. The van der Waals surface area contributed by atoms with Gasteiger partial charge in [0.05, 0.1) is 6.10 Å². The Labute approximate surface area is 106 Å². The molecule has 0 aromatic heterocycles. The molecule has 1 aliphatic rings. The highest BCUT2D eigenvalue weighted by atomic mass is 32.2. The lowest BCUT2D eigenvalue weighted by Gasteiger charge is -2.35. The molecule has 0 spiro atoms. The van der Waals surface area contributed by atoms with E-state index in [9.17, 15) is 9.50 Å². The van der Waals surface area contributed by atoms with Crippen LogP contribution in [0.15, 0.2) is 18.2 Å². The van der Waals surface area contributed by atoms with Crippen molar-refractivity contribution in [2.24, 2.45) is 0 Å². The van der Waals surface area contributed by atoms with Gasteiger partial charge in [0.25, 0.3) is 0 Å². The van der Waals surface area contributed by atoms with Crippen LogP contribution in [0.25, 0.3) is 0 Å². The summed E-state index contributed by atoms with van der Waals surface area (Å²) in [5, 5.41) is 10.3. The van der Waals surface area contributed by atoms with Crippen LogP contribution in [0.5, 0.6) is 0 Å². The number of hydrogen-bond donors (Lipinski definition) is 1. The number of halogens is 1. The Hall–Kier alpha value is -0.580. The molecule has 94 valence electrons. The Morgan fingerprint density at radius 2 is 2.29 bits per heavy atom. The van der Waals surface area contributed by atoms with Gasteiger partial charge in [-0.2, -0.15) is 11.8 Å². The molecule has 1 aromatic carbocycles. The zero-order valence-corrected chi connectivity index (χ0v) is 11.0. The summed E-state index contributed by atoms with van der Waals surface area (Å²) in [5.74, 6) is 1.62. The van der Waals surface area contributed by atoms with E-state index in [1.165, 1.54) is 6.07 Å². The lowest BCUT2D eigenvalue weighted by atomic mass is 10.00. The van der Waals surface area contributed by atoms with Crippen molar-refractivity contribution in [3.63, 3.8) is 0 Å². The number of benzene rings is 1. The number of aliphatic hydroxyl groups excluding tert-OH is 1. The van der Waals surface area contributed by atoms with Crippen LogP contribution >= 0.6 is 11.8 Å². The molecule has 4 heteroatoms. The number of aryl methyl sites for hydroxylation is 1. The standard InChI is InChI=1S/C13H18FNOS/c1-9-3-4-11(14)10(7-9)13(16)12-8-17-6-5-15(12)2/h3-4,7,12-13,16H,5-6,8H2,1-2H3. The molecular weight excluding hydrogens is 237 g/mol. The minimum atomic E-state index is -0.743. The molecule has 17 heavy (non-hydrogen) atoms. The molecule has 2 atom stereocenters. The van der Waals surface area contributed by atoms with Gasteiger partial charge in [0.2, 0.25) is 0 Å². The van der Waals surface area contributed by atoms with Crippen LogP contribution in [0.4, 0.5) is 4.39 Å². The fourth-order valence-corrected chi connectivity index (χ4v) is 3.40. The lowest BCUT2D eigenvalue weighted by molar-refractivity contribution is 0.0730. The van der Waals surface area contributed by atoms with Crippen molar-refractivity contribution in [2.45, 2.75) is 19.1 Å². The molecule has 0 saturated carbocycles. The molecule has 1 fully saturated rings. The summed E-state index contributed by atoms with van der Waals surface area (Å²) in [6.07, 6.45) is -0.743. The molecule has 1 aliphatic heterocycles. The summed E-state index contributed by atoms with van der Waals surface area (Å²) in [6, 6.07) is 4.91. The van der Waals surface area contributed by atoms with Crippen molar-refractivity contribution >= 4 is 11.8 Å².